The quantitative estimate of drug-likeness (QED) is 0.627. The van der Waals surface area contributed by atoms with Gasteiger partial charge in [0.25, 0.3) is 0 Å². The van der Waals surface area contributed by atoms with Crippen LogP contribution in [-0.2, 0) is 0 Å². The molecule has 1 fully saturated rings. The van der Waals surface area contributed by atoms with Crippen LogP contribution in [0.3, 0.4) is 0 Å². The van der Waals surface area contributed by atoms with E-state index in [0.717, 1.165) is 11.8 Å². The van der Waals surface area contributed by atoms with Crippen LogP contribution in [0.5, 0.6) is 0 Å². The van der Waals surface area contributed by atoms with Gasteiger partial charge in [-0.1, -0.05) is 29.4 Å². The molecule has 0 aromatic heterocycles. The zero-order valence-corrected chi connectivity index (χ0v) is 8.47. The van der Waals surface area contributed by atoms with Crippen molar-refractivity contribution in [1.29, 1.82) is 0 Å². The van der Waals surface area contributed by atoms with Gasteiger partial charge in [-0.2, -0.15) is 0 Å². The predicted octanol–water partition coefficient (Wildman–Crippen LogP) is 4.45. The van der Waals surface area contributed by atoms with Gasteiger partial charge in [-0.25, -0.2) is 0 Å². The molecule has 0 heterocycles. The summed E-state index contributed by atoms with van der Waals surface area (Å²) in [5.41, 5.74) is 3.26. The molecule has 0 nitrogen and oxygen atoms in total. The van der Waals surface area contributed by atoms with E-state index in [0.29, 0.717) is 0 Å². The normalized spacial score (nSPS) is 28.4. The average molecular weight is 239 g/mol. The Hall–Kier alpha value is -0.300. The molecule has 70 valence electrons. The third-order valence-electron chi connectivity index (χ3n) is 3.36. The second-order valence-electron chi connectivity index (χ2n) is 3.98. The second-order valence-corrected chi connectivity index (χ2v) is 4.90. The van der Waals surface area contributed by atoms with Crippen LogP contribution in [0.2, 0.25) is 0 Å². The maximum atomic E-state index is 3.54. The molecule has 0 N–H and O–H groups in total. The van der Waals surface area contributed by atoms with Crippen LogP contribution in [-0.4, -0.2) is 0 Å². The minimum Gasteiger partial charge on any atom is -0.0776 e. The van der Waals surface area contributed by atoms with Gasteiger partial charge in [0.2, 0.25) is 0 Å². The van der Waals surface area contributed by atoms with Gasteiger partial charge in [0.1, 0.15) is 0 Å². The smallest absolute Gasteiger partial charge is 0.0178 e. The minimum atomic E-state index is 0. The zero-order chi connectivity index (χ0) is 8.13. The van der Waals surface area contributed by atoms with E-state index < -0.39 is 0 Å². The Labute approximate surface area is 88.5 Å². The summed E-state index contributed by atoms with van der Waals surface area (Å²) in [6.07, 6.45) is 4.28. The molecule has 0 saturated heterocycles. The lowest BCUT2D eigenvalue weighted by Crippen LogP contribution is -1.96. The first-order valence-electron chi connectivity index (χ1n) is 4.64. The monoisotopic (exact) mass is 238 g/mol. The Kier molecular flexibility index (Phi) is 2.23. The molecule has 2 aliphatic carbocycles. The summed E-state index contributed by atoms with van der Waals surface area (Å²) >= 11 is 3.54. The van der Waals surface area contributed by atoms with Crippen molar-refractivity contribution >= 4 is 15.9 Å². The Morgan fingerprint density at radius 2 is 1.77 bits per heavy atom. The van der Waals surface area contributed by atoms with Gasteiger partial charge < -0.3 is 0 Å². The van der Waals surface area contributed by atoms with E-state index in [1.54, 1.807) is 11.1 Å². The van der Waals surface area contributed by atoms with Crippen molar-refractivity contribution in [1.82, 2.24) is 0 Å². The van der Waals surface area contributed by atoms with Gasteiger partial charge >= 0.3 is 0 Å². The fourth-order valence-electron chi connectivity index (χ4n) is 2.82. The molecule has 1 saturated carbocycles. The third kappa shape index (κ3) is 1.25. The number of rotatable bonds is 0. The molecule has 0 spiro atoms. The van der Waals surface area contributed by atoms with Gasteiger partial charge in [0.15, 0.2) is 0 Å². The maximum Gasteiger partial charge on any atom is 0.0178 e. The Morgan fingerprint density at radius 1 is 1.08 bits per heavy atom. The van der Waals surface area contributed by atoms with Gasteiger partial charge in [-0.3, -0.25) is 0 Å². The molecule has 0 amide bonds. The van der Waals surface area contributed by atoms with Gasteiger partial charge in [0.05, 0.1) is 0 Å². The first-order valence-corrected chi connectivity index (χ1v) is 5.43. The highest BCUT2D eigenvalue weighted by Gasteiger charge is 2.36. The first kappa shape index (κ1) is 9.26. The minimum absolute atomic E-state index is 0. The highest BCUT2D eigenvalue weighted by molar-refractivity contribution is 9.10. The summed E-state index contributed by atoms with van der Waals surface area (Å²) in [6, 6.07) is 6.81. The Bertz CT molecular complexity index is 330. The number of benzene rings is 1. The zero-order valence-electron chi connectivity index (χ0n) is 6.89. The number of hydrogen-bond acceptors (Lipinski definition) is 0. The molecule has 2 atom stereocenters. The lowest BCUT2D eigenvalue weighted by molar-refractivity contribution is 0.717. The molecule has 13 heavy (non-hydrogen) atoms. The lowest BCUT2D eigenvalue weighted by Gasteiger charge is -2.14. The second kappa shape index (κ2) is 3.13. The van der Waals surface area contributed by atoms with Crippen molar-refractivity contribution in [3.63, 3.8) is 0 Å². The fraction of sp³-hybridized carbons (Fsp3) is 0.500. The number of halogens is 1. The van der Waals surface area contributed by atoms with E-state index in [2.05, 4.69) is 34.1 Å². The van der Waals surface area contributed by atoms with Gasteiger partial charge in [-0.15, -0.1) is 0 Å². The van der Waals surface area contributed by atoms with Crippen LogP contribution in [0.25, 0.3) is 0 Å². The topological polar surface area (TPSA) is 0 Å². The van der Waals surface area contributed by atoms with Crippen LogP contribution >= 0.6 is 15.9 Å². The van der Waals surface area contributed by atoms with E-state index in [1.807, 2.05) is 0 Å². The van der Waals surface area contributed by atoms with Crippen molar-refractivity contribution < 1.29 is 0 Å². The largest absolute Gasteiger partial charge is 0.0776 e. The molecular formula is C12H15Br. The molecule has 1 aromatic rings. The molecule has 0 aliphatic heterocycles. The van der Waals surface area contributed by atoms with E-state index >= 15 is 0 Å². The van der Waals surface area contributed by atoms with E-state index in [1.165, 1.54) is 23.7 Å². The van der Waals surface area contributed by atoms with E-state index in [9.17, 15) is 0 Å². The molecular weight excluding hydrogens is 224 g/mol. The number of hydrogen-bond donors (Lipinski definition) is 0. The van der Waals surface area contributed by atoms with Crippen LogP contribution in [0.4, 0.5) is 0 Å². The summed E-state index contributed by atoms with van der Waals surface area (Å²) < 4.78 is 1.24. The summed E-state index contributed by atoms with van der Waals surface area (Å²) in [5, 5.41) is 0. The SMILES string of the molecule is Brc1ccc2c(c1)C1CCC2C1.C. The van der Waals surface area contributed by atoms with Crippen LogP contribution < -0.4 is 0 Å². The van der Waals surface area contributed by atoms with Crippen LogP contribution in [0, 0.1) is 0 Å². The van der Waals surface area contributed by atoms with Gasteiger partial charge in [0, 0.05) is 4.47 Å². The van der Waals surface area contributed by atoms with Crippen molar-refractivity contribution in [2.75, 3.05) is 0 Å². The van der Waals surface area contributed by atoms with Crippen molar-refractivity contribution in [3.8, 4) is 0 Å². The summed E-state index contributed by atoms with van der Waals surface area (Å²) in [7, 11) is 0. The summed E-state index contributed by atoms with van der Waals surface area (Å²) in [6.45, 7) is 0. The standard InChI is InChI=1S/C11H11Br.CH4/c12-9-3-4-10-7-1-2-8(5-7)11(10)6-9;/h3-4,6-8H,1-2,5H2;1H4. The van der Waals surface area contributed by atoms with Crippen LogP contribution in [0.1, 0.15) is 49.7 Å². The van der Waals surface area contributed by atoms with Crippen molar-refractivity contribution in [3.05, 3.63) is 33.8 Å². The first-order chi connectivity index (χ1) is 5.84. The molecule has 2 bridgehead atoms. The van der Waals surface area contributed by atoms with E-state index in [4.69, 9.17) is 0 Å². The van der Waals surface area contributed by atoms with Crippen molar-refractivity contribution in [2.24, 2.45) is 0 Å². The molecule has 0 radical (unpaired) electrons. The molecule has 1 heteroatoms. The van der Waals surface area contributed by atoms with Crippen molar-refractivity contribution in [2.45, 2.75) is 38.5 Å². The summed E-state index contributed by atoms with van der Waals surface area (Å²) in [5.74, 6) is 1.79. The predicted molar refractivity (Wildman–Crippen MR) is 60.2 cm³/mol. The van der Waals surface area contributed by atoms with Gasteiger partial charge in [-0.05, 0) is 54.4 Å². The average Bonchev–Trinajstić information content (AvgIpc) is 2.63. The summed E-state index contributed by atoms with van der Waals surface area (Å²) in [4.78, 5) is 0. The molecule has 1 aromatic carbocycles. The third-order valence-corrected chi connectivity index (χ3v) is 3.85. The highest BCUT2D eigenvalue weighted by atomic mass is 79.9. The Balaban J connectivity index is 0.000000653. The molecule has 3 rings (SSSR count). The fourth-order valence-corrected chi connectivity index (χ4v) is 3.20. The van der Waals surface area contributed by atoms with E-state index in [-0.39, 0.29) is 7.43 Å². The van der Waals surface area contributed by atoms with Crippen LogP contribution in [0.15, 0.2) is 22.7 Å². The molecule has 2 aliphatic rings. The lowest BCUT2D eigenvalue weighted by atomic mass is 9.92. The maximum absolute atomic E-state index is 3.54. The molecule has 2 unspecified atom stereocenters. The number of fused-ring (bicyclic) bond motifs is 5. The highest BCUT2D eigenvalue weighted by Crippen LogP contribution is 2.53. The Morgan fingerprint density at radius 3 is 2.54 bits per heavy atom.